The molecule has 1 aromatic rings. The number of carbonyl (C=O) groups is 2. The third kappa shape index (κ3) is 2.87. The fourth-order valence-electron chi connectivity index (χ4n) is 2.28. The van der Waals surface area contributed by atoms with Crippen molar-refractivity contribution in [2.45, 2.75) is 33.2 Å². The van der Waals surface area contributed by atoms with E-state index in [9.17, 15) is 9.59 Å². The lowest BCUT2D eigenvalue weighted by Crippen LogP contribution is -2.26. The van der Waals surface area contributed by atoms with E-state index in [2.05, 4.69) is 10.3 Å². The summed E-state index contributed by atoms with van der Waals surface area (Å²) in [5.74, 6) is -0.836. The number of benzodiazepines with no additional fused rings is 1. The summed E-state index contributed by atoms with van der Waals surface area (Å²) in [5.41, 5.74) is 2.19. The van der Waals surface area contributed by atoms with Crippen LogP contribution in [-0.4, -0.2) is 28.7 Å². The van der Waals surface area contributed by atoms with E-state index in [1.807, 2.05) is 20.8 Å². The van der Waals surface area contributed by atoms with E-state index in [1.165, 1.54) is 12.1 Å². The highest BCUT2D eigenvalue weighted by Crippen LogP contribution is 2.24. The first-order valence-corrected chi connectivity index (χ1v) is 6.61. The van der Waals surface area contributed by atoms with Crippen LogP contribution in [0.25, 0.3) is 0 Å². The minimum Gasteiger partial charge on any atom is -0.478 e. The molecule has 0 saturated heterocycles. The molecule has 2 rings (SSSR count). The number of hydrogen-bond donors (Lipinski definition) is 2. The Morgan fingerprint density at radius 1 is 1.45 bits per heavy atom. The Bertz CT molecular complexity index is 591. The van der Waals surface area contributed by atoms with Crippen LogP contribution in [0.2, 0.25) is 0 Å². The van der Waals surface area contributed by atoms with Crippen molar-refractivity contribution in [1.29, 1.82) is 0 Å². The molecule has 1 aliphatic rings. The van der Waals surface area contributed by atoms with Crippen LogP contribution >= 0.6 is 0 Å². The summed E-state index contributed by atoms with van der Waals surface area (Å²) in [7, 11) is 0. The van der Waals surface area contributed by atoms with Gasteiger partial charge in [0.25, 0.3) is 0 Å². The van der Waals surface area contributed by atoms with E-state index < -0.39 is 12.0 Å². The molecule has 1 heterocycles. The molecular weight excluding hydrogens is 256 g/mol. The second-order valence-electron chi connectivity index (χ2n) is 5.41. The van der Waals surface area contributed by atoms with Crippen LogP contribution in [0, 0.1) is 5.92 Å². The molecule has 1 amide bonds. The molecule has 2 N–H and O–H groups in total. The first-order chi connectivity index (χ1) is 9.38. The zero-order valence-corrected chi connectivity index (χ0v) is 11.8. The molecule has 0 aromatic heterocycles. The van der Waals surface area contributed by atoms with Crippen LogP contribution in [0.5, 0.6) is 0 Å². The minimum atomic E-state index is -1.01. The molecule has 106 valence electrons. The molecule has 0 fully saturated rings. The average molecular weight is 274 g/mol. The molecule has 5 heteroatoms. The summed E-state index contributed by atoms with van der Waals surface area (Å²) in [4.78, 5) is 27.6. The van der Waals surface area contributed by atoms with Crippen molar-refractivity contribution < 1.29 is 14.7 Å². The SMILES string of the molecule is CC1=N[C@@H](CC(C)C)C(=O)Nc2cc(C(=O)O)ccc21. The van der Waals surface area contributed by atoms with Gasteiger partial charge in [0.1, 0.15) is 6.04 Å². The van der Waals surface area contributed by atoms with Gasteiger partial charge in [-0.1, -0.05) is 19.9 Å². The Morgan fingerprint density at radius 2 is 2.15 bits per heavy atom. The fourth-order valence-corrected chi connectivity index (χ4v) is 2.28. The quantitative estimate of drug-likeness (QED) is 0.889. The van der Waals surface area contributed by atoms with Gasteiger partial charge in [-0.15, -0.1) is 0 Å². The molecule has 0 saturated carbocycles. The smallest absolute Gasteiger partial charge is 0.335 e. The lowest BCUT2D eigenvalue weighted by atomic mass is 10.0. The Balaban J connectivity index is 2.41. The molecule has 1 aromatic carbocycles. The van der Waals surface area contributed by atoms with Crippen molar-refractivity contribution >= 4 is 23.3 Å². The van der Waals surface area contributed by atoms with Gasteiger partial charge in [-0.2, -0.15) is 0 Å². The van der Waals surface area contributed by atoms with Gasteiger partial charge in [0.2, 0.25) is 5.91 Å². The summed E-state index contributed by atoms with van der Waals surface area (Å²) in [5, 5.41) is 11.8. The number of anilines is 1. The van der Waals surface area contributed by atoms with Crippen molar-refractivity contribution in [3.8, 4) is 0 Å². The number of nitrogens with one attached hydrogen (secondary N) is 1. The second-order valence-corrected chi connectivity index (χ2v) is 5.41. The number of hydrogen-bond acceptors (Lipinski definition) is 3. The molecule has 1 aliphatic heterocycles. The van der Waals surface area contributed by atoms with Gasteiger partial charge in [0, 0.05) is 11.3 Å². The lowest BCUT2D eigenvalue weighted by Gasteiger charge is -2.12. The summed E-state index contributed by atoms with van der Waals surface area (Å²) in [6, 6.07) is 4.27. The maximum absolute atomic E-state index is 12.2. The average Bonchev–Trinajstić information content (AvgIpc) is 2.46. The number of carboxylic acid groups (broad SMARTS) is 1. The highest BCUT2D eigenvalue weighted by molar-refractivity contribution is 6.11. The number of rotatable bonds is 3. The van der Waals surface area contributed by atoms with Gasteiger partial charge in [-0.05, 0) is 31.4 Å². The number of benzene rings is 1. The first kappa shape index (κ1) is 14.2. The van der Waals surface area contributed by atoms with Crippen LogP contribution in [0.15, 0.2) is 23.2 Å². The van der Waals surface area contributed by atoms with Gasteiger partial charge in [0.15, 0.2) is 0 Å². The third-order valence-corrected chi connectivity index (χ3v) is 3.26. The normalized spacial score (nSPS) is 18.1. The van der Waals surface area contributed by atoms with Crippen LogP contribution in [0.3, 0.4) is 0 Å². The summed E-state index contributed by atoms with van der Waals surface area (Å²) in [6.45, 7) is 5.92. The molecule has 0 unspecified atom stereocenters. The topological polar surface area (TPSA) is 78.8 Å². The van der Waals surface area contributed by atoms with E-state index in [0.717, 1.165) is 11.3 Å². The number of fused-ring (bicyclic) bond motifs is 1. The highest BCUT2D eigenvalue weighted by Gasteiger charge is 2.24. The molecule has 0 aliphatic carbocycles. The molecule has 1 atom stereocenters. The number of aromatic carboxylic acids is 1. The predicted molar refractivity (Wildman–Crippen MR) is 77.5 cm³/mol. The van der Waals surface area contributed by atoms with E-state index in [4.69, 9.17) is 5.11 Å². The standard InChI is InChI=1S/C15H18N2O3/c1-8(2)6-13-14(18)17-12-7-10(15(19)20)4-5-11(12)9(3)16-13/h4-5,7-8,13H,6H2,1-3H3,(H,17,18)(H,19,20)/t13-/m0/s1. The summed E-state index contributed by atoms with van der Waals surface area (Å²) < 4.78 is 0. The van der Waals surface area contributed by atoms with E-state index in [1.54, 1.807) is 6.07 Å². The van der Waals surface area contributed by atoms with Crippen molar-refractivity contribution in [3.05, 3.63) is 29.3 Å². The first-order valence-electron chi connectivity index (χ1n) is 6.61. The van der Waals surface area contributed by atoms with Gasteiger partial charge < -0.3 is 10.4 Å². The summed E-state index contributed by atoms with van der Waals surface area (Å²) >= 11 is 0. The van der Waals surface area contributed by atoms with E-state index in [-0.39, 0.29) is 11.5 Å². The van der Waals surface area contributed by atoms with Crippen LogP contribution in [0.4, 0.5) is 5.69 Å². The van der Waals surface area contributed by atoms with Crippen molar-refractivity contribution in [2.75, 3.05) is 5.32 Å². The van der Waals surface area contributed by atoms with Crippen molar-refractivity contribution in [3.63, 3.8) is 0 Å². The monoisotopic (exact) mass is 274 g/mol. The zero-order valence-electron chi connectivity index (χ0n) is 11.8. The minimum absolute atomic E-state index is 0.152. The summed E-state index contributed by atoms with van der Waals surface area (Å²) in [6.07, 6.45) is 0.670. The van der Waals surface area contributed by atoms with Crippen molar-refractivity contribution in [2.24, 2.45) is 10.9 Å². The van der Waals surface area contributed by atoms with Crippen LogP contribution < -0.4 is 5.32 Å². The molecule has 5 nitrogen and oxygen atoms in total. The third-order valence-electron chi connectivity index (χ3n) is 3.26. The van der Waals surface area contributed by atoms with Crippen LogP contribution in [-0.2, 0) is 4.79 Å². The maximum atomic E-state index is 12.2. The van der Waals surface area contributed by atoms with Crippen molar-refractivity contribution in [1.82, 2.24) is 0 Å². The van der Waals surface area contributed by atoms with Gasteiger partial charge >= 0.3 is 5.97 Å². The highest BCUT2D eigenvalue weighted by atomic mass is 16.4. The largest absolute Gasteiger partial charge is 0.478 e. The predicted octanol–water partition coefficient (Wildman–Crippen LogP) is 2.56. The van der Waals surface area contributed by atoms with Crippen LogP contribution in [0.1, 0.15) is 43.1 Å². The number of carbonyl (C=O) groups excluding carboxylic acids is 1. The molecular formula is C15H18N2O3. The molecule has 0 bridgehead atoms. The lowest BCUT2D eigenvalue weighted by molar-refractivity contribution is -0.117. The Hall–Kier alpha value is -2.17. The van der Waals surface area contributed by atoms with E-state index in [0.29, 0.717) is 18.0 Å². The molecule has 0 radical (unpaired) electrons. The Morgan fingerprint density at radius 3 is 2.75 bits per heavy atom. The maximum Gasteiger partial charge on any atom is 0.335 e. The Labute approximate surface area is 117 Å². The second kappa shape index (κ2) is 5.45. The van der Waals surface area contributed by atoms with E-state index >= 15 is 0 Å². The Kier molecular flexibility index (Phi) is 3.88. The number of amides is 1. The fraction of sp³-hybridized carbons (Fsp3) is 0.400. The van der Waals surface area contributed by atoms with Gasteiger partial charge in [-0.25, -0.2) is 4.79 Å². The number of nitrogens with zero attached hydrogens (tertiary/aromatic N) is 1. The van der Waals surface area contributed by atoms with Gasteiger partial charge in [0.05, 0.1) is 11.3 Å². The molecule has 0 spiro atoms. The number of aliphatic imine (C=N–C) groups is 1. The molecule has 20 heavy (non-hydrogen) atoms. The zero-order chi connectivity index (χ0) is 14.9. The van der Waals surface area contributed by atoms with Gasteiger partial charge in [-0.3, -0.25) is 9.79 Å². The number of carboxylic acids is 1.